The lowest BCUT2D eigenvalue weighted by Gasteiger charge is -2.43. The molecule has 0 saturated heterocycles. The minimum Gasteiger partial charge on any atom is -0.508 e. The van der Waals surface area contributed by atoms with Crippen LogP contribution in [-0.2, 0) is 20.7 Å². The highest BCUT2D eigenvalue weighted by Gasteiger charge is 2.42. The number of aromatic hydroxyl groups is 1. The van der Waals surface area contributed by atoms with Crippen molar-refractivity contribution in [1.82, 2.24) is 10.2 Å². The monoisotopic (exact) mass is 607 g/mol. The van der Waals surface area contributed by atoms with Crippen molar-refractivity contribution in [3.63, 3.8) is 0 Å². The lowest BCUT2D eigenvalue weighted by Crippen LogP contribution is -2.58. The summed E-state index contributed by atoms with van der Waals surface area (Å²) in [7, 11) is 0. The van der Waals surface area contributed by atoms with E-state index in [1.54, 1.807) is 45.0 Å². The van der Waals surface area contributed by atoms with Crippen LogP contribution in [0, 0.1) is 13.8 Å². The van der Waals surface area contributed by atoms with Crippen molar-refractivity contribution in [2.45, 2.75) is 85.0 Å². The van der Waals surface area contributed by atoms with Gasteiger partial charge in [-0.1, -0.05) is 60.1 Å². The lowest BCUT2D eigenvalue weighted by molar-refractivity contribution is -0.146. The lowest BCUT2D eigenvalue weighted by atomic mass is 9.92. The van der Waals surface area contributed by atoms with Crippen molar-refractivity contribution >= 4 is 35.2 Å². The van der Waals surface area contributed by atoms with Gasteiger partial charge in [-0.3, -0.25) is 9.59 Å². The Kier molecular flexibility index (Phi) is 10.5. The summed E-state index contributed by atoms with van der Waals surface area (Å²) in [5.74, 6) is -0.852. The molecule has 0 fully saturated rings. The first-order valence-electron chi connectivity index (χ1n) is 14.2. The fourth-order valence-corrected chi connectivity index (χ4v) is 5.07. The Hall–Kier alpha value is -4.04. The zero-order valence-corrected chi connectivity index (χ0v) is 26.9. The van der Waals surface area contributed by atoms with Gasteiger partial charge in [0.1, 0.15) is 23.4 Å². The Labute approximate surface area is 259 Å². The molecule has 230 valence electrons. The first-order valence-corrected chi connectivity index (χ1v) is 14.6. The van der Waals surface area contributed by atoms with Crippen molar-refractivity contribution < 1.29 is 24.2 Å². The number of benzene rings is 3. The van der Waals surface area contributed by atoms with E-state index in [1.165, 1.54) is 17.0 Å². The fourth-order valence-electron chi connectivity index (χ4n) is 4.80. The van der Waals surface area contributed by atoms with Gasteiger partial charge in [-0.15, -0.1) is 0 Å². The third-order valence-electron chi connectivity index (χ3n) is 6.79. The van der Waals surface area contributed by atoms with E-state index in [2.05, 4.69) is 10.6 Å². The SMILES string of the molecule is Cc1ccccc1C(C(=O)Nc1c(C)cccc1Cl)N(C(=O)C(Cc1ccc(O)cc1)NC(=O)OC(C)(C)C)C(C)(C)C. The van der Waals surface area contributed by atoms with Crippen LogP contribution in [0.4, 0.5) is 10.5 Å². The van der Waals surface area contributed by atoms with E-state index < -0.39 is 41.1 Å². The Morgan fingerprint density at radius 2 is 1.49 bits per heavy atom. The van der Waals surface area contributed by atoms with Gasteiger partial charge in [0.25, 0.3) is 5.91 Å². The third-order valence-corrected chi connectivity index (χ3v) is 7.10. The van der Waals surface area contributed by atoms with Crippen molar-refractivity contribution in [1.29, 1.82) is 0 Å². The summed E-state index contributed by atoms with van der Waals surface area (Å²) < 4.78 is 5.50. The van der Waals surface area contributed by atoms with Crippen LogP contribution in [0.1, 0.15) is 69.8 Å². The first kappa shape index (κ1) is 33.5. The molecule has 0 radical (unpaired) electrons. The number of rotatable bonds is 8. The molecule has 9 heteroatoms. The number of nitrogens with one attached hydrogen (secondary N) is 2. The summed E-state index contributed by atoms with van der Waals surface area (Å²) in [6, 6.07) is 16.9. The molecule has 0 bridgehead atoms. The molecule has 3 aromatic carbocycles. The van der Waals surface area contributed by atoms with Crippen molar-refractivity contribution in [2.24, 2.45) is 0 Å². The van der Waals surface area contributed by atoms with Gasteiger partial charge < -0.3 is 25.4 Å². The molecule has 0 aromatic heterocycles. The number of carbonyl (C=O) groups is 3. The molecule has 0 aliphatic carbocycles. The molecule has 0 aliphatic heterocycles. The smallest absolute Gasteiger partial charge is 0.408 e. The Morgan fingerprint density at radius 3 is 2.05 bits per heavy atom. The van der Waals surface area contributed by atoms with Crippen molar-refractivity contribution in [3.8, 4) is 5.75 Å². The van der Waals surface area contributed by atoms with Crippen LogP contribution in [0.3, 0.4) is 0 Å². The zero-order valence-electron chi connectivity index (χ0n) is 26.1. The van der Waals surface area contributed by atoms with Crippen LogP contribution in [-0.4, -0.2) is 45.1 Å². The van der Waals surface area contributed by atoms with Crippen molar-refractivity contribution in [3.05, 3.63) is 94.0 Å². The zero-order chi connectivity index (χ0) is 32.1. The van der Waals surface area contributed by atoms with Crippen LogP contribution in [0.5, 0.6) is 5.75 Å². The molecule has 8 nitrogen and oxygen atoms in total. The largest absolute Gasteiger partial charge is 0.508 e. The molecule has 0 spiro atoms. The van der Waals surface area contributed by atoms with Crippen LogP contribution in [0.15, 0.2) is 66.7 Å². The minimum atomic E-state index is -1.10. The van der Waals surface area contributed by atoms with E-state index in [1.807, 2.05) is 65.0 Å². The molecule has 43 heavy (non-hydrogen) atoms. The summed E-state index contributed by atoms with van der Waals surface area (Å²) in [6.45, 7) is 14.5. The summed E-state index contributed by atoms with van der Waals surface area (Å²) >= 11 is 6.47. The maximum atomic E-state index is 14.7. The first-order chi connectivity index (χ1) is 20.0. The number of para-hydroxylation sites is 1. The number of anilines is 1. The van der Waals surface area contributed by atoms with Gasteiger partial charge in [-0.05, 0) is 95.8 Å². The molecule has 0 heterocycles. The predicted octanol–water partition coefficient (Wildman–Crippen LogP) is 7.11. The Balaban J connectivity index is 2.15. The van der Waals surface area contributed by atoms with Crippen LogP contribution < -0.4 is 10.6 Å². The summed E-state index contributed by atoms with van der Waals surface area (Å²) in [5.41, 5.74) is 1.71. The second-order valence-electron chi connectivity index (χ2n) is 12.6. The minimum absolute atomic E-state index is 0.0780. The average molecular weight is 608 g/mol. The number of phenols is 1. The second-order valence-corrected chi connectivity index (χ2v) is 13.0. The van der Waals surface area contributed by atoms with Gasteiger partial charge in [0, 0.05) is 12.0 Å². The van der Waals surface area contributed by atoms with Gasteiger partial charge in [0.15, 0.2) is 0 Å². The van der Waals surface area contributed by atoms with E-state index in [4.69, 9.17) is 16.3 Å². The number of phenolic OH excluding ortho intramolecular Hbond substituents is 1. The molecule has 0 saturated carbocycles. The van der Waals surface area contributed by atoms with Gasteiger partial charge >= 0.3 is 6.09 Å². The highest BCUT2D eigenvalue weighted by molar-refractivity contribution is 6.34. The number of hydrogen-bond donors (Lipinski definition) is 3. The Morgan fingerprint density at radius 1 is 0.884 bits per heavy atom. The van der Waals surface area contributed by atoms with Gasteiger partial charge in [0.2, 0.25) is 5.91 Å². The number of halogens is 1. The average Bonchev–Trinajstić information content (AvgIpc) is 2.88. The molecule has 2 atom stereocenters. The number of carbonyl (C=O) groups excluding carboxylic acids is 3. The van der Waals surface area contributed by atoms with Gasteiger partial charge in [0.05, 0.1) is 10.7 Å². The number of aryl methyl sites for hydroxylation is 2. The van der Waals surface area contributed by atoms with Crippen LogP contribution >= 0.6 is 11.6 Å². The maximum absolute atomic E-state index is 14.7. The topological polar surface area (TPSA) is 108 Å². The fraction of sp³-hybridized carbons (Fsp3) is 0.382. The number of alkyl carbamates (subject to hydrolysis) is 1. The van der Waals surface area contributed by atoms with E-state index in [9.17, 15) is 19.5 Å². The molecule has 0 aliphatic rings. The Bertz CT molecular complexity index is 1440. The number of ether oxygens (including phenoxy) is 1. The van der Waals surface area contributed by atoms with Crippen molar-refractivity contribution in [2.75, 3.05) is 5.32 Å². The van der Waals surface area contributed by atoms with Crippen LogP contribution in [0.2, 0.25) is 5.02 Å². The molecule has 3 amide bonds. The van der Waals surface area contributed by atoms with E-state index in [0.29, 0.717) is 21.8 Å². The van der Waals surface area contributed by atoms with E-state index in [-0.39, 0.29) is 12.2 Å². The molecular weight excluding hydrogens is 566 g/mol. The van der Waals surface area contributed by atoms with Gasteiger partial charge in [-0.25, -0.2) is 4.79 Å². The summed E-state index contributed by atoms with van der Waals surface area (Å²) in [6.07, 6.45) is -0.668. The summed E-state index contributed by atoms with van der Waals surface area (Å²) in [5, 5.41) is 15.9. The number of hydrogen-bond acceptors (Lipinski definition) is 5. The normalized spacial score (nSPS) is 13.0. The maximum Gasteiger partial charge on any atom is 0.408 e. The number of nitrogens with zero attached hydrogens (tertiary/aromatic N) is 1. The number of amides is 3. The highest BCUT2D eigenvalue weighted by Crippen LogP contribution is 2.34. The van der Waals surface area contributed by atoms with E-state index in [0.717, 1.165) is 11.1 Å². The van der Waals surface area contributed by atoms with E-state index >= 15 is 0 Å². The quantitative estimate of drug-likeness (QED) is 0.253. The predicted molar refractivity (Wildman–Crippen MR) is 170 cm³/mol. The molecule has 3 N–H and O–H groups in total. The summed E-state index contributed by atoms with van der Waals surface area (Å²) in [4.78, 5) is 43.5. The second kappa shape index (κ2) is 13.5. The highest BCUT2D eigenvalue weighted by atomic mass is 35.5. The van der Waals surface area contributed by atoms with Crippen LogP contribution in [0.25, 0.3) is 0 Å². The van der Waals surface area contributed by atoms with Gasteiger partial charge in [-0.2, -0.15) is 0 Å². The molecular formula is C34H42ClN3O5. The standard InChI is InChI=1S/C34H42ClN3O5/c1-21-12-9-10-14-25(21)29(30(40)37-28-22(2)13-11-15-26(28)35)38(33(3,4)5)31(41)27(36-32(42)43-34(6,7)8)20-23-16-18-24(39)19-17-23/h9-19,27,29,39H,20H2,1-8H3,(H,36,42)(H,37,40). The third kappa shape index (κ3) is 8.97. The molecule has 2 unspecified atom stereocenters. The molecule has 3 rings (SSSR count). The molecule has 3 aromatic rings.